The van der Waals surface area contributed by atoms with Gasteiger partial charge in [-0.15, -0.1) is 22.7 Å². The lowest BCUT2D eigenvalue weighted by molar-refractivity contribution is 1.14. The van der Waals surface area contributed by atoms with E-state index in [2.05, 4.69) is 43.5 Å². The van der Waals surface area contributed by atoms with Crippen LogP contribution in [0.15, 0.2) is 53.9 Å². The highest BCUT2D eigenvalue weighted by Crippen LogP contribution is 2.36. The minimum Gasteiger partial charge on any atom is -0.233 e. The molecular weight excluding hydrogens is 380 g/mol. The summed E-state index contributed by atoms with van der Waals surface area (Å²) in [6, 6.07) is 16.4. The summed E-state index contributed by atoms with van der Waals surface area (Å²) in [7, 11) is 0. The van der Waals surface area contributed by atoms with Gasteiger partial charge >= 0.3 is 0 Å². The average Bonchev–Trinajstić information content (AvgIpc) is 3.29. The summed E-state index contributed by atoms with van der Waals surface area (Å²) in [5, 5.41) is 4.70. The Morgan fingerprint density at radius 1 is 0.962 bits per heavy atom. The van der Waals surface area contributed by atoms with E-state index < -0.39 is 0 Å². The summed E-state index contributed by atoms with van der Waals surface area (Å²) in [6.45, 7) is 4.29. The van der Waals surface area contributed by atoms with Gasteiger partial charge in [0.05, 0.1) is 11.4 Å². The summed E-state index contributed by atoms with van der Waals surface area (Å²) in [5.74, 6) is 0. The summed E-state index contributed by atoms with van der Waals surface area (Å²) >= 11 is 9.41. The maximum Gasteiger partial charge on any atom is 0.153 e. The van der Waals surface area contributed by atoms with Gasteiger partial charge in [-0.2, -0.15) is 0 Å². The van der Waals surface area contributed by atoms with Crippen LogP contribution in [0.4, 0.5) is 0 Å². The number of hydrogen-bond donors (Lipinski definition) is 0. The smallest absolute Gasteiger partial charge is 0.153 e. The number of hydrogen-bond acceptors (Lipinski definition) is 4. The zero-order valence-electron chi connectivity index (χ0n) is 14.5. The minimum absolute atomic E-state index is 0.722. The fraction of sp³-hybridized carbons (Fsp3) is 0.143. The number of thiazole rings is 2. The van der Waals surface area contributed by atoms with Crippen molar-refractivity contribution in [3.63, 3.8) is 0 Å². The Hall–Kier alpha value is -2.01. The lowest BCUT2D eigenvalue weighted by atomic mass is 10.1. The predicted molar refractivity (Wildman–Crippen MR) is 113 cm³/mol. The highest BCUT2D eigenvalue weighted by atomic mass is 35.5. The first-order valence-electron chi connectivity index (χ1n) is 8.42. The van der Waals surface area contributed by atoms with Crippen LogP contribution in [0.3, 0.4) is 0 Å². The van der Waals surface area contributed by atoms with Crippen molar-refractivity contribution in [3.8, 4) is 32.5 Å². The number of aromatic nitrogens is 2. The molecule has 0 aliphatic carbocycles. The third-order valence-corrected chi connectivity index (χ3v) is 6.43. The second-order valence-corrected chi connectivity index (χ2v) is 8.52. The van der Waals surface area contributed by atoms with Crippen molar-refractivity contribution in [1.29, 1.82) is 0 Å². The average molecular weight is 397 g/mol. The van der Waals surface area contributed by atoms with E-state index in [1.807, 2.05) is 24.3 Å². The molecule has 4 aromatic rings. The number of aryl methyl sites for hydroxylation is 2. The van der Waals surface area contributed by atoms with Gasteiger partial charge < -0.3 is 0 Å². The SMILES string of the molecule is CCc1ccc(-c2nc(-c3nc(-c4cccc(Cl)c4)cs3)sc2C)cc1. The molecule has 0 bridgehead atoms. The van der Waals surface area contributed by atoms with E-state index in [4.69, 9.17) is 21.6 Å². The molecule has 2 nitrogen and oxygen atoms in total. The summed E-state index contributed by atoms with van der Waals surface area (Å²) in [4.78, 5) is 10.9. The van der Waals surface area contributed by atoms with Gasteiger partial charge in [-0.1, -0.05) is 54.9 Å². The van der Waals surface area contributed by atoms with E-state index in [-0.39, 0.29) is 0 Å². The van der Waals surface area contributed by atoms with Crippen LogP contribution in [0.25, 0.3) is 32.5 Å². The lowest BCUT2D eigenvalue weighted by Crippen LogP contribution is -1.84. The molecule has 130 valence electrons. The molecule has 0 spiro atoms. The molecule has 0 saturated carbocycles. The van der Waals surface area contributed by atoms with Crippen molar-refractivity contribution >= 4 is 34.3 Å². The molecule has 0 N–H and O–H groups in total. The quantitative estimate of drug-likeness (QED) is 0.366. The first kappa shape index (κ1) is 17.4. The zero-order valence-corrected chi connectivity index (χ0v) is 16.9. The van der Waals surface area contributed by atoms with E-state index >= 15 is 0 Å². The van der Waals surface area contributed by atoms with Gasteiger partial charge in [0.2, 0.25) is 0 Å². The van der Waals surface area contributed by atoms with Crippen LogP contribution in [0.2, 0.25) is 5.02 Å². The molecule has 0 unspecified atom stereocenters. The Kier molecular flexibility index (Phi) is 4.90. The Bertz CT molecular complexity index is 1050. The molecule has 26 heavy (non-hydrogen) atoms. The highest BCUT2D eigenvalue weighted by Gasteiger charge is 2.15. The molecule has 2 aromatic heterocycles. The number of benzene rings is 2. The standard InChI is InChI=1S/C21H17ClN2S2/c1-3-14-7-9-15(10-8-14)19-13(2)26-21(24-19)20-23-18(12-25-20)16-5-4-6-17(22)11-16/h4-12H,3H2,1-2H3. The highest BCUT2D eigenvalue weighted by molar-refractivity contribution is 7.21. The first-order valence-corrected chi connectivity index (χ1v) is 10.5. The summed E-state index contributed by atoms with van der Waals surface area (Å²) < 4.78 is 0. The maximum absolute atomic E-state index is 6.10. The van der Waals surface area contributed by atoms with Crippen LogP contribution in [-0.4, -0.2) is 9.97 Å². The molecule has 0 amide bonds. The van der Waals surface area contributed by atoms with Crippen LogP contribution in [0, 0.1) is 6.92 Å². The number of rotatable bonds is 4. The zero-order chi connectivity index (χ0) is 18.1. The van der Waals surface area contributed by atoms with Crippen LogP contribution < -0.4 is 0 Å². The van der Waals surface area contributed by atoms with E-state index in [9.17, 15) is 0 Å². The third-order valence-electron chi connectivity index (χ3n) is 4.24. The van der Waals surface area contributed by atoms with Gasteiger partial charge in [0.25, 0.3) is 0 Å². The third kappa shape index (κ3) is 3.45. The fourth-order valence-electron chi connectivity index (χ4n) is 2.81. The normalized spacial score (nSPS) is 11.0. The van der Waals surface area contributed by atoms with Crippen molar-refractivity contribution in [2.45, 2.75) is 20.3 Å². The monoisotopic (exact) mass is 396 g/mol. The van der Waals surface area contributed by atoms with E-state index in [1.165, 1.54) is 10.4 Å². The van der Waals surface area contributed by atoms with Gasteiger partial charge in [-0.05, 0) is 31.0 Å². The van der Waals surface area contributed by atoms with Crippen molar-refractivity contribution in [3.05, 3.63) is 69.4 Å². The Balaban J connectivity index is 1.67. The molecule has 0 saturated heterocycles. The second kappa shape index (κ2) is 7.31. The van der Waals surface area contributed by atoms with Gasteiger partial charge in [0.1, 0.15) is 0 Å². The van der Waals surface area contributed by atoms with Gasteiger partial charge in [-0.25, -0.2) is 9.97 Å². The maximum atomic E-state index is 6.10. The molecule has 5 heteroatoms. The molecule has 2 heterocycles. The molecule has 0 fully saturated rings. The van der Waals surface area contributed by atoms with Crippen LogP contribution in [0.5, 0.6) is 0 Å². The second-order valence-electron chi connectivity index (χ2n) is 6.02. The van der Waals surface area contributed by atoms with E-state index in [0.717, 1.165) is 44.0 Å². The van der Waals surface area contributed by atoms with Gasteiger partial charge in [0.15, 0.2) is 10.0 Å². The Morgan fingerprint density at radius 3 is 2.50 bits per heavy atom. The molecule has 0 aliphatic heterocycles. The lowest BCUT2D eigenvalue weighted by Gasteiger charge is -2.00. The molecule has 0 atom stereocenters. The topological polar surface area (TPSA) is 25.8 Å². The molecule has 4 rings (SSSR count). The van der Waals surface area contributed by atoms with Crippen LogP contribution >= 0.6 is 34.3 Å². The van der Waals surface area contributed by atoms with Crippen molar-refractivity contribution in [2.24, 2.45) is 0 Å². The summed E-state index contributed by atoms with van der Waals surface area (Å²) in [6.07, 6.45) is 1.05. The Labute approximate surface area is 166 Å². The van der Waals surface area contributed by atoms with Gasteiger partial charge in [-0.3, -0.25) is 0 Å². The fourth-order valence-corrected chi connectivity index (χ4v) is 4.80. The predicted octanol–water partition coefficient (Wildman–Crippen LogP) is 7.12. The van der Waals surface area contributed by atoms with Gasteiger partial charge in [0, 0.05) is 26.4 Å². The van der Waals surface area contributed by atoms with Crippen LogP contribution in [0.1, 0.15) is 17.4 Å². The largest absolute Gasteiger partial charge is 0.233 e. The van der Waals surface area contributed by atoms with E-state index in [1.54, 1.807) is 22.7 Å². The van der Waals surface area contributed by atoms with E-state index in [0.29, 0.717) is 0 Å². The molecule has 2 aromatic carbocycles. The molecule has 0 radical (unpaired) electrons. The van der Waals surface area contributed by atoms with Crippen LogP contribution in [-0.2, 0) is 6.42 Å². The first-order chi connectivity index (χ1) is 12.6. The number of halogens is 1. The molecule has 0 aliphatic rings. The summed E-state index contributed by atoms with van der Waals surface area (Å²) in [5.41, 5.74) is 5.52. The van der Waals surface area contributed by atoms with Crippen molar-refractivity contribution in [2.75, 3.05) is 0 Å². The minimum atomic E-state index is 0.722. The Morgan fingerprint density at radius 2 is 1.77 bits per heavy atom. The molecular formula is C21H17ClN2S2. The number of nitrogens with zero attached hydrogens (tertiary/aromatic N) is 2. The van der Waals surface area contributed by atoms with Crippen molar-refractivity contribution < 1.29 is 0 Å². The van der Waals surface area contributed by atoms with Crippen molar-refractivity contribution in [1.82, 2.24) is 9.97 Å².